The number of oxime groups is 1. The summed E-state index contributed by atoms with van der Waals surface area (Å²) in [4.78, 5) is 16.1. The highest BCUT2D eigenvalue weighted by atomic mass is 16.5. The first-order valence-electron chi connectivity index (χ1n) is 9.29. The molecule has 0 saturated heterocycles. The van der Waals surface area contributed by atoms with Crippen molar-refractivity contribution in [1.82, 2.24) is 4.98 Å². The van der Waals surface area contributed by atoms with Gasteiger partial charge in [0.15, 0.2) is 0 Å². The number of pyridine rings is 1. The quantitative estimate of drug-likeness (QED) is 0.269. The Balaban J connectivity index is 1.65. The summed E-state index contributed by atoms with van der Waals surface area (Å²) in [7, 11) is 0. The Morgan fingerprint density at radius 1 is 1.03 bits per heavy atom. The van der Waals surface area contributed by atoms with E-state index in [0.29, 0.717) is 30.0 Å². The first-order valence-corrected chi connectivity index (χ1v) is 9.29. The third kappa shape index (κ3) is 5.65. The molecule has 0 saturated carbocycles. The Labute approximate surface area is 169 Å². The van der Waals surface area contributed by atoms with Crippen LogP contribution in [-0.4, -0.2) is 28.5 Å². The van der Waals surface area contributed by atoms with Crippen molar-refractivity contribution in [3.05, 3.63) is 95.3 Å². The molecule has 0 fully saturated rings. The lowest BCUT2D eigenvalue weighted by Gasteiger charge is -2.09. The van der Waals surface area contributed by atoms with Gasteiger partial charge in [0, 0.05) is 12.6 Å². The van der Waals surface area contributed by atoms with E-state index in [1.807, 2.05) is 54.6 Å². The molecule has 1 N–H and O–H groups in total. The molecule has 0 spiro atoms. The summed E-state index contributed by atoms with van der Waals surface area (Å²) in [6.07, 6.45) is 1.85. The van der Waals surface area contributed by atoms with E-state index in [9.17, 15) is 10.0 Å². The summed E-state index contributed by atoms with van der Waals surface area (Å²) in [6, 6.07) is 20.6. The first kappa shape index (κ1) is 20.1. The summed E-state index contributed by atoms with van der Waals surface area (Å²) < 4.78 is 10.8. The number of carbonyl (C=O) groups excluding carboxylic acids is 1. The molecule has 0 unspecified atom stereocenters. The van der Waals surface area contributed by atoms with E-state index in [0.717, 1.165) is 16.9 Å². The number of hydrogen-bond acceptors (Lipinski definition) is 6. The van der Waals surface area contributed by atoms with Crippen molar-refractivity contribution in [3.63, 3.8) is 0 Å². The van der Waals surface area contributed by atoms with Crippen molar-refractivity contribution in [2.75, 3.05) is 6.61 Å². The van der Waals surface area contributed by atoms with E-state index in [2.05, 4.69) is 10.1 Å². The second-order valence-corrected chi connectivity index (χ2v) is 6.29. The average Bonchev–Trinajstić information content (AvgIpc) is 2.78. The summed E-state index contributed by atoms with van der Waals surface area (Å²) in [5, 5.41) is 12.8. The zero-order valence-corrected chi connectivity index (χ0v) is 16.1. The third-order valence-electron chi connectivity index (χ3n) is 4.23. The zero-order valence-electron chi connectivity index (χ0n) is 16.1. The van der Waals surface area contributed by atoms with Crippen LogP contribution in [0.5, 0.6) is 5.75 Å². The number of carbonyl (C=O) groups is 1. The largest absolute Gasteiger partial charge is 0.489 e. The number of ether oxygens (including phenoxy) is 2. The second kappa shape index (κ2) is 10.0. The summed E-state index contributed by atoms with van der Waals surface area (Å²) in [5.74, 6) is 0.316. The molecule has 0 bridgehead atoms. The fourth-order valence-electron chi connectivity index (χ4n) is 2.74. The molecule has 0 atom stereocenters. The van der Waals surface area contributed by atoms with Crippen LogP contribution in [0.1, 0.15) is 34.1 Å². The highest BCUT2D eigenvalue weighted by Crippen LogP contribution is 2.16. The Morgan fingerprint density at radius 3 is 2.48 bits per heavy atom. The normalized spacial score (nSPS) is 11.1. The van der Waals surface area contributed by atoms with Crippen molar-refractivity contribution in [1.29, 1.82) is 0 Å². The molecule has 0 amide bonds. The molecule has 0 aliphatic heterocycles. The van der Waals surface area contributed by atoms with Crippen LogP contribution in [0.3, 0.4) is 0 Å². The van der Waals surface area contributed by atoms with Gasteiger partial charge in [-0.25, -0.2) is 4.79 Å². The van der Waals surface area contributed by atoms with Crippen LogP contribution >= 0.6 is 0 Å². The summed E-state index contributed by atoms with van der Waals surface area (Å²) >= 11 is 0. The maximum atomic E-state index is 11.9. The van der Waals surface area contributed by atoms with Crippen LogP contribution < -0.4 is 4.74 Å². The molecule has 1 aromatic heterocycles. The van der Waals surface area contributed by atoms with Gasteiger partial charge in [0.1, 0.15) is 18.1 Å². The molecule has 6 heteroatoms. The van der Waals surface area contributed by atoms with Gasteiger partial charge in [-0.2, -0.15) is 0 Å². The fraction of sp³-hybridized carbons (Fsp3) is 0.174. The molecular formula is C23H22N2O4. The number of nitrogens with zero attached hydrogens (tertiary/aromatic N) is 2. The number of hydrogen-bond donors (Lipinski definition) is 1. The maximum absolute atomic E-state index is 11.9. The molecule has 3 aromatic rings. The van der Waals surface area contributed by atoms with Gasteiger partial charge in [-0.1, -0.05) is 47.6 Å². The number of rotatable bonds is 8. The second-order valence-electron chi connectivity index (χ2n) is 6.29. The summed E-state index contributed by atoms with van der Waals surface area (Å²) in [6.45, 7) is 2.53. The minimum Gasteiger partial charge on any atom is -0.489 e. The fourth-order valence-corrected chi connectivity index (χ4v) is 2.74. The molecule has 2 aromatic carbocycles. The minimum absolute atomic E-state index is 0.288. The van der Waals surface area contributed by atoms with Crippen molar-refractivity contribution in [2.45, 2.75) is 20.0 Å². The zero-order chi connectivity index (χ0) is 20.5. The highest BCUT2D eigenvalue weighted by Gasteiger charge is 2.12. The van der Waals surface area contributed by atoms with Crippen LogP contribution in [0.15, 0.2) is 78.1 Å². The van der Waals surface area contributed by atoms with Crippen molar-refractivity contribution in [3.8, 4) is 5.75 Å². The molecule has 29 heavy (non-hydrogen) atoms. The van der Waals surface area contributed by atoms with Gasteiger partial charge in [-0.15, -0.1) is 0 Å². The van der Waals surface area contributed by atoms with Gasteiger partial charge in [-0.05, 0) is 42.3 Å². The van der Waals surface area contributed by atoms with Gasteiger partial charge in [-0.3, -0.25) is 4.98 Å². The van der Waals surface area contributed by atoms with Gasteiger partial charge in [0.25, 0.3) is 0 Å². The maximum Gasteiger partial charge on any atom is 0.338 e. The van der Waals surface area contributed by atoms with E-state index in [1.54, 1.807) is 19.1 Å². The highest BCUT2D eigenvalue weighted by molar-refractivity contribution is 6.01. The van der Waals surface area contributed by atoms with Crippen LogP contribution in [0.4, 0.5) is 0 Å². The lowest BCUT2D eigenvalue weighted by molar-refractivity contribution is 0.0526. The Bertz CT molecular complexity index is 970. The van der Waals surface area contributed by atoms with E-state index in [-0.39, 0.29) is 6.61 Å². The monoisotopic (exact) mass is 390 g/mol. The number of aromatic nitrogens is 1. The third-order valence-corrected chi connectivity index (χ3v) is 4.23. The molecule has 0 aliphatic carbocycles. The summed E-state index contributed by atoms with van der Waals surface area (Å²) in [5.41, 5.74) is 3.16. The van der Waals surface area contributed by atoms with Gasteiger partial charge in [0.05, 0.1) is 17.9 Å². The standard InChI is InChI=1S/C23H22N2O4/c1-2-28-23(26)19-12-13-24-21(15-19)22(25-27)14-17-8-10-20(11-9-17)29-16-18-6-4-3-5-7-18/h3-13,15,27H,2,14,16H2,1H3/b25-22+. The smallest absolute Gasteiger partial charge is 0.338 e. The van der Waals surface area contributed by atoms with Crippen LogP contribution in [-0.2, 0) is 17.8 Å². The van der Waals surface area contributed by atoms with Gasteiger partial charge >= 0.3 is 5.97 Å². The SMILES string of the molecule is CCOC(=O)c1ccnc(/C(Cc2ccc(OCc3ccccc3)cc2)=N/O)c1. The van der Waals surface area contributed by atoms with Gasteiger partial charge in [0.2, 0.25) is 0 Å². The van der Waals surface area contributed by atoms with Crippen molar-refractivity contribution < 1.29 is 19.5 Å². The Morgan fingerprint density at radius 2 is 1.79 bits per heavy atom. The molecular weight excluding hydrogens is 368 g/mol. The molecule has 1 heterocycles. The topological polar surface area (TPSA) is 81.0 Å². The predicted octanol–water partition coefficient (Wildman–Crippen LogP) is 4.26. The Hall–Kier alpha value is -3.67. The number of esters is 1. The van der Waals surface area contributed by atoms with Crippen molar-refractivity contribution >= 4 is 11.7 Å². The average molecular weight is 390 g/mol. The van der Waals surface area contributed by atoms with Crippen LogP contribution in [0.25, 0.3) is 0 Å². The van der Waals surface area contributed by atoms with E-state index < -0.39 is 5.97 Å². The predicted molar refractivity (Wildman–Crippen MR) is 109 cm³/mol. The lowest BCUT2D eigenvalue weighted by atomic mass is 10.0. The van der Waals surface area contributed by atoms with Gasteiger partial charge < -0.3 is 14.7 Å². The molecule has 0 radical (unpaired) electrons. The molecule has 0 aliphatic rings. The van der Waals surface area contributed by atoms with Crippen LogP contribution in [0, 0.1) is 0 Å². The molecule has 6 nitrogen and oxygen atoms in total. The Kier molecular flexibility index (Phi) is 6.95. The minimum atomic E-state index is -0.437. The van der Waals surface area contributed by atoms with E-state index >= 15 is 0 Å². The van der Waals surface area contributed by atoms with E-state index in [1.165, 1.54) is 6.20 Å². The van der Waals surface area contributed by atoms with Crippen molar-refractivity contribution in [2.24, 2.45) is 5.16 Å². The molecule has 3 rings (SSSR count). The lowest BCUT2D eigenvalue weighted by Crippen LogP contribution is -2.11. The number of benzene rings is 2. The molecule has 148 valence electrons. The van der Waals surface area contributed by atoms with E-state index in [4.69, 9.17) is 9.47 Å². The first-order chi connectivity index (χ1) is 14.2. The van der Waals surface area contributed by atoms with Crippen LogP contribution in [0.2, 0.25) is 0 Å².